The quantitative estimate of drug-likeness (QED) is 0.435. The molecule has 3 saturated carbocycles. The Morgan fingerprint density at radius 3 is 2.45 bits per heavy atom. The summed E-state index contributed by atoms with van der Waals surface area (Å²) in [5.74, 6) is -0.135. The maximum atomic E-state index is 13.2. The van der Waals surface area contributed by atoms with Crippen molar-refractivity contribution >= 4 is 23.8 Å². The van der Waals surface area contributed by atoms with E-state index in [0.29, 0.717) is 17.9 Å². The maximum absolute atomic E-state index is 13.2. The van der Waals surface area contributed by atoms with Gasteiger partial charge in [0, 0.05) is 23.8 Å². The topological polar surface area (TPSA) is 144 Å². The lowest BCUT2D eigenvalue weighted by molar-refractivity contribution is -0.141. The number of nitrogens with two attached hydrogens (primary N) is 1. The van der Waals surface area contributed by atoms with Crippen LogP contribution >= 0.6 is 0 Å². The van der Waals surface area contributed by atoms with E-state index in [1.54, 1.807) is 18.3 Å². The zero-order chi connectivity index (χ0) is 27.9. The minimum absolute atomic E-state index is 0.0484. The molecular formula is C30H35N5O5. The number of amides is 5. The highest BCUT2D eigenvalue weighted by atomic mass is 16.5. The molecule has 3 aliphatic carbocycles. The predicted molar refractivity (Wildman–Crippen MR) is 145 cm³/mol. The number of pyridine rings is 1. The van der Waals surface area contributed by atoms with Crippen molar-refractivity contribution in [3.8, 4) is 5.88 Å². The van der Waals surface area contributed by atoms with Gasteiger partial charge in [0.15, 0.2) is 0 Å². The highest BCUT2D eigenvalue weighted by Gasteiger charge is 2.58. The highest BCUT2D eigenvalue weighted by molar-refractivity contribution is 6.04. The number of aromatic nitrogens is 1. The highest BCUT2D eigenvalue weighted by Crippen LogP contribution is 2.58. The minimum Gasteiger partial charge on any atom is -0.474 e. The Kier molecular flexibility index (Phi) is 6.93. The number of primary amides is 1. The SMILES string of the molecule is NC(=O)c1cccnc1OC1CC2(C1)CC(N1C(=O)N[C@@H](CC3CCC(NC(=O)c4ccccc4)CC3)C1=O)C2. The van der Waals surface area contributed by atoms with Crippen LogP contribution in [0.1, 0.15) is 78.5 Å². The fourth-order valence-electron chi connectivity index (χ4n) is 7.06. The fraction of sp³-hybridized carbons (Fsp3) is 0.500. The van der Waals surface area contributed by atoms with Gasteiger partial charge < -0.3 is 21.1 Å². The Balaban J connectivity index is 0.944. The van der Waals surface area contributed by atoms with Crippen molar-refractivity contribution in [2.24, 2.45) is 17.1 Å². The van der Waals surface area contributed by atoms with Crippen LogP contribution in [-0.4, -0.2) is 57.9 Å². The standard InChI is InChI=1S/C30H35N5O5/c31-25(36)23-7-4-12-32-27(23)40-22-16-30(17-22)14-21(15-30)35-28(38)24(34-29(35)39)13-18-8-10-20(11-9-18)33-26(37)19-5-2-1-3-6-19/h1-7,12,18,20-22,24H,8-11,13-17H2,(H2,31,36)(H,33,37)(H,34,39)/t18?,20?,21?,22?,24-,30?/m0/s1. The second-order valence-electron chi connectivity index (χ2n) is 11.9. The zero-order valence-electron chi connectivity index (χ0n) is 22.4. The Morgan fingerprint density at radius 2 is 1.75 bits per heavy atom. The van der Waals surface area contributed by atoms with Crippen LogP contribution in [0.4, 0.5) is 4.79 Å². The van der Waals surface area contributed by atoms with Crippen LogP contribution in [0, 0.1) is 11.3 Å². The van der Waals surface area contributed by atoms with Crippen LogP contribution in [0.3, 0.4) is 0 Å². The predicted octanol–water partition coefficient (Wildman–Crippen LogP) is 3.17. The molecule has 4 N–H and O–H groups in total. The van der Waals surface area contributed by atoms with Crippen LogP contribution in [0.15, 0.2) is 48.7 Å². The molecule has 40 heavy (non-hydrogen) atoms. The Morgan fingerprint density at radius 1 is 1.02 bits per heavy atom. The van der Waals surface area contributed by atoms with E-state index in [0.717, 1.165) is 51.4 Å². The van der Waals surface area contributed by atoms with Crippen LogP contribution in [0.2, 0.25) is 0 Å². The molecule has 10 nitrogen and oxygen atoms in total. The van der Waals surface area contributed by atoms with E-state index in [4.69, 9.17) is 10.5 Å². The number of carbonyl (C=O) groups is 4. The molecule has 0 unspecified atom stereocenters. The van der Waals surface area contributed by atoms with Gasteiger partial charge in [0.05, 0.1) is 0 Å². The van der Waals surface area contributed by atoms with Gasteiger partial charge in [0.2, 0.25) is 5.88 Å². The second kappa shape index (κ2) is 10.6. The van der Waals surface area contributed by atoms with Crippen molar-refractivity contribution in [3.63, 3.8) is 0 Å². The third-order valence-corrected chi connectivity index (χ3v) is 9.18. The summed E-state index contributed by atoms with van der Waals surface area (Å²) in [6.45, 7) is 0. The number of rotatable bonds is 8. The smallest absolute Gasteiger partial charge is 0.325 e. The summed E-state index contributed by atoms with van der Waals surface area (Å²) in [6, 6.07) is 11.8. The van der Waals surface area contributed by atoms with E-state index in [-0.39, 0.29) is 52.9 Å². The van der Waals surface area contributed by atoms with Gasteiger partial charge in [0.1, 0.15) is 17.7 Å². The molecule has 1 aliphatic heterocycles. The van der Waals surface area contributed by atoms with E-state index < -0.39 is 11.9 Å². The van der Waals surface area contributed by atoms with Gasteiger partial charge in [-0.15, -0.1) is 0 Å². The average Bonchev–Trinajstić information content (AvgIpc) is 3.18. The van der Waals surface area contributed by atoms with Gasteiger partial charge in [-0.3, -0.25) is 19.3 Å². The van der Waals surface area contributed by atoms with Crippen molar-refractivity contribution < 1.29 is 23.9 Å². The van der Waals surface area contributed by atoms with Gasteiger partial charge in [-0.2, -0.15) is 0 Å². The first-order valence-corrected chi connectivity index (χ1v) is 14.2. The zero-order valence-corrected chi connectivity index (χ0v) is 22.4. The Hall–Kier alpha value is -3.95. The lowest BCUT2D eigenvalue weighted by Crippen LogP contribution is -2.60. The number of urea groups is 1. The first kappa shape index (κ1) is 26.3. The van der Waals surface area contributed by atoms with E-state index in [9.17, 15) is 19.2 Å². The van der Waals surface area contributed by atoms with Crippen molar-refractivity contribution in [3.05, 3.63) is 59.8 Å². The molecule has 1 saturated heterocycles. The third-order valence-electron chi connectivity index (χ3n) is 9.18. The number of nitrogens with one attached hydrogen (secondary N) is 2. The fourth-order valence-corrected chi connectivity index (χ4v) is 7.06. The molecule has 210 valence electrons. The molecule has 2 aromatic rings. The van der Waals surface area contributed by atoms with Crippen LogP contribution in [-0.2, 0) is 4.79 Å². The maximum Gasteiger partial charge on any atom is 0.325 e. The van der Waals surface area contributed by atoms with E-state index >= 15 is 0 Å². The van der Waals surface area contributed by atoms with Crippen LogP contribution in [0.5, 0.6) is 5.88 Å². The lowest BCUT2D eigenvalue weighted by atomic mass is 9.52. The number of imide groups is 1. The minimum atomic E-state index is -0.572. The summed E-state index contributed by atoms with van der Waals surface area (Å²) < 4.78 is 5.93. The van der Waals surface area contributed by atoms with Gasteiger partial charge >= 0.3 is 6.03 Å². The van der Waals surface area contributed by atoms with Gasteiger partial charge in [-0.1, -0.05) is 18.2 Å². The van der Waals surface area contributed by atoms with Gasteiger partial charge in [0.25, 0.3) is 17.7 Å². The summed E-state index contributed by atoms with van der Waals surface area (Å²) in [7, 11) is 0. The third kappa shape index (κ3) is 5.14. The summed E-state index contributed by atoms with van der Waals surface area (Å²) in [4.78, 5) is 55.7. The second-order valence-corrected chi connectivity index (χ2v) is 11.9. The summed E-state index contributed by atoms with van der Waals surface area (Å²) in [5, 5.41) is 6.06. The average molecular weight is 546 g/mol. The Labute approximate surface area is 233 Å². The largest absolute Gasteiger partial charge is 0.474 e. The van der Waals surface area contributed by atoms with Crippen LogP contribution in [0.25, 0.3) is 0 Å². The molecular weight excluding hydrogens is 510 g/mol. The van der Waals surface area contributed by atoms with Crippen molar-refractivity contribution in [2.45, 2.75) is 82.0 Å². The van der Waals surface area contributed by atoms with E-state index in [2.05, 4.69) is 15.6 Å². The van der Waals surface area contributed by atoms with Gasteiger partial charge in [-0.25, -0.2) is 9.78 Å². The molecule has 1 atom stereocenters. The number of ether oxygens (including phenoxy) is 1. The summed E-state index contributed by atoms with van der Waals surface area (Å²) in [5.41, 5.74) is 6.42. The summed E-state index contributed by atoms with van der Waals surface area (Å²) >= 11 is 0. The molecule has 4 aliphatic rings. The molecule has 10 heteroatoms. The van der Waals surface area contributed by atoms with Crippen LogP contribution < -0.4 is 21.1 Å². The lowest BCUT2D eigenvalue weighted by Gasteiger charge is -2.58. The van der Waals surface area contributed by atoms with E-state index in [1.807, 2.05) is 30.3 Å². The van der Waals surface area contributed by atoms with Gasteiger partial charge in [-0.05, 0) is 93.4 Å². The number of carbonyl (C=O) groups excluding carboxylic acids is 4. The number of benzene rings is 1. The number of hydrogen-bond acceptors (Lipinski definition) is 6. The molecule has 6 rings (SSSR count). The number of hydrogen-bond donors (Lipinski definition) is 3. The Bertz CT molecular complexity index is 1290. The molecule has 1 aromatic carbocycles. The molecule has 1 spiro atoms. The monoisotopic (exact) mass is 545 g/mol. The van der Waals surface area contributed by atoms with Crippen molar-refractivity contribution in [1.29, 1.82) is 0 Å². The first-order valence-electron chi connectivity index (χ1n) is 14.2. The summed E-state index contributed by atoms with van der Waals surface area (Å²) in [6.07, 6.45) is 8.88. The molecule has 4 fully saturated rings. The number of nitrogens with zero attached hydrogens (tertiary/aromatic N) is 2. The molecule has 2 heterocycles. The molecule has 0 bridgehead atoms. The molecule has 5 amide bonds. The van der Waals surface area contributed by atoms with Crippen molar-refractivity contribution in [2.75, 3.05) is 0 Å². The molecule has 0 radical (unpaired) electrons. The van der Waals surface area contributed by atoms with E-state index in [1.165, 1.54) is 4.90 Å². The first-order chi connectivity index (χ1) is 19.3. The van der Waals surface area contributed by atoms with Crippen molar-refractivity contribution in [1.82, 2.24) is 20.5 Å². The normalized spacial score (nSPS) is 31.2. The molecule has 1 aromatic heterocycles.